The highest BCUT2D eigenvalue weighted by Gasteiger charge is 2.21. The normalized spacial score (nSPS) is 12.0. The van der Waals surface area contributed by atoms with E-state index in [1.165, 1.54) is 5.56 Å². The summed E-state index contributed by atoms with van der Waals surface area (Å²) in [5, 5.41) is 0. The van der Waals surface area contributed by atoms with E-state index < -0.39 is 0 Å². The predicted octanol–water partition coefficient (Wildman–Crippen LogP) is 4.30. The third-order valence-electron chi connectivity index (χ3n) is 4.11. The van der Waals surface area contributed by atoms with Crippen molar-refractivity contribution in [3.63, 3.8) is 0 Å². The first-order valence-electron chi connectivity index (χ1n) is 8.57. The van der Waals surface area contributed by atoms with Crippen molar-refractivity contribution in [2.75, 3.05) is 20.2 Å². The largest absolute Gasteiger partial charge is 0.497 e. The van der Waals surface area contributed by atoms with E-state index in [2.05, 4.69) is 32.9 Å². The Morgan fingerprint density at radius 2 is 1.77 bits per heavy atom. The van der Waals surface area contributed by atoms with Gasteiger partial charge in [-0.05, 0) is 43.4 Å². The molecule has 0 bridgehead atoms. The van der Waals surface area contributed by atoms with Crippen LogP contribution in [0.4, 0.5) is 0 Å². The molecule has 0 spiro atoms. The molecule has 0 aliphatic carbocycles. The lowest BCUT2D eigenvalue weighted by molar-refractivity contribution is -0.136. The van der Waals surface area contributed by atoms with Gasteiger partial charge in [-0.15, -0.1) is 0 Å². The van der Waals surface area contributed by atoms with E-state index in [0.29, 0.717) is 5.91 Å². The molecule has 0 aliphatic heterocycles. The SMILES string of the molecule is CCCC(CC)C(=O)N(CCC)CCc1ccc(OC)cc1. The number of benzene rings is 1. The number of nitrogens with zero attached hydrogens (tertiary/aromatic N) is 1. The summed E-state index contributed by atoms with van der Waals surface area (Å²) in [6.45, 7) is 8.06. The minimum atomic E-state index is 0.187. The third-order valence-corrected chi connectivity index (χ3v) is 4.11. The number of hydrogen-bond acceptors (Lipinski definition) is 2. The minimum absolute atomic E-state index is 0.187. The van der Waals surface area contributed by atoms with Gasteiger partial charge in [0.2, 0.25) is 5.91 Å². The molecule has 1 amide bonds. The molecule has 1 atom stereocenters. The lowest BCUT2D eigenvalue weighted by Crippen LogP contribution is -2.38. The molecular weight excluding hydrogens is 274 g/mol. The van der Waals surface area contributed by atoms with Gasteiger partial charge in [-0.2, -0.15) is 0 Å². The number of ether oxygens (including phenoxy) is 1. The van der Waals surface area contributed by atoms with Crippen molar-refractivity contribution in [3.8, 4) is 5.75 Å². The van der Waals surface area contributed by atoms with Crippen molar-refractivity contribution < 1.29 is 9.53 Å². The van der Waals surface area contributed by atoms with E-state index in [1.54, 1.807) is 7.11 Å². The number of hydrogen-bond donors (Lipinski definition) is 0. The molecule has 1 rings (SSSR count). The van der Waals surface area contributed by atoms with Crippen molar-refractivity contribution in [1.29, 1.82) is 0 Å². The van der Waals surface area contributed by atoms with Crippen molar-refractivity contribution in [3.05, 3.63) is 29.8 Å². The average Bonchev–Trinajstić information content (AvgIpc) is 2.56. The molecule has 0 N–H and O–H groups in total. The highest BCUT2D eigenvalue weighted by molar-refractivity contribution is 5.78. The Hall–Kier alpha value is -1.51. The summed E-state index contributed by atoms with van der Waals surface area (Å²) in [5.74, 6) is 1.39. The second-order valence-corrected chi connectivity index (χ2v) is 5.82. The molecule has 0 saturated carbocycles. The fourth-order valence-corrected chi connectivity index (χ4v) is 2.77. The van der Waals surface area contributed by atoms with Crippen molar-refractivity contribution in [2.24, 2.45) is 5.92 Å². The third kappa shape index (κ3) is 5.70. The van der Waals surface area contributed by atoms with Gasteiger partial charge in [0.05, 0.1) is 7.11 Å². The first-order valence-corrected chi connectivity index (χ1v) is 8.57. The van der Waals surface area contributed by atoms with Crippen LogP contribution < -0.4 is 4.74 Å². The van der Waals surface area contributed by atoms with E-state index in [9.17, 15) is 4.79 Å². The second-order valence-electron chi connectivity index (χ2n) is 5.82. The summed E-state index contributed by atoms with van der Waals surface area (Å²) in [6, 6.07) is 8.12. The Balaban J connectivity index is 2.63. The van der Waals surface area contributed by atoms with E-state index in [1.807, 2.05) is 17.0 Å². The molecule has 0 aliphatic rings. The van der Waals surface area contributed by atoms with Crippen molar-refractivity contribution in [2.45, 2.75) is 52.9 Å². The molecule has 0 radical (unpaired) electrons. The molecule has 0 aromatic heterocycles. The quantitative estimate of drug-likeness (QED) is 0.645. The highest BCUT2D eigenvalue weighted by atomic mass is 16.5. The zero-order chi connectivity index (χ0) is 16.4. The van der Waals surface area contributed by atoms with Crippen LogP contribution in [0.5, 0.6) is 5.75 Å². The summed E-state index contributed by atoms with van der Waals surface area (Å²) in [6.07, 6.45) is 4.92. The molecule has 124 valence electrons. The van der Waals surface area contributed by atoms with Crippen LogP contribution >= 0.6 is 0 Å². The molecule has 0 fully saturated rings. The zero-order valence-electron chi connectivity index (χ0n) is 14.6. The average molecular weight is 305 g/mol. The topological polar surface area (TPSA) is 29.5 Å². The molecule has 3 heteroatoms. The van der Waals surface area contributed by atoms with Gasteiger partial charge in [0.25, 0.3) is 0 Å². The van der Waals surface area contributed by atoms with Gasteiger partial charge < -0.3 is 9.64 Å². The molecule has 3 nitrogen and oxygen atoms in total. The number of carbonyl (C=O) groups excluding carboxylic acids is 1. The minimum Gasteiger partial charge on any atom is -0.497 e. The first kappa shape index (κ1) is 18.5. The molecule has 1 unspecified atom stereocenters. The molecule has 1 aromatic carbocycles. The van der Waals surface area contributed by atoms with Gasteiger partial charge in [0.15, 0.2) is 0 Å². The summed E-state index contributed by atoms with van der Waals surface area (Å²) in [7, 11) is 1.68. The number of rotatable bonds is 10. The molecule has 1 aromatic rings. The Morgan fingerprint density at radius 1 is 1.09 bits per heavy atom. The lowest BCUT2D eigenvalue weighted by Gasteiger charge is -2.26. The Bertz CT molecular complexity index is 428. The number of amides is 1. The van der Waals surface area contributed by atoms with Crippen molar-refractivity contribution in [1.82, 2.24) is 4.90 Å². The van der Waals surface area contributed by atoms with Gasteiger partial charge in [0.1, 0.15) is 5.75 Å². The smallest absolute Gasteiger partial charge is 0.225 e. The van der Waals surface area contributed by atoms with Gasteiger partial charge in [0, 0.05) is 19.0 Å². The number of carbonyl (C=O) groups is 1. The molecule has 0 saturated heterocycles. The lowest BCUT2D eigenvalue weighted by atomic mass is 9.98. The molecular formula is C19H31NO2. The van der Waals surface area contributed by atoms with Crippen LogP contribution in [0.15, 0.2) is 24.3 Å². The summed E-state index contributed by atoms with van der Waals surface area (Å²) >= 11 is 0. The van der Waals surface area contributed by atoms with Gasteiger partial charge in [-0.25, -0.2) is 0 Å². The Morgan fingerprint density at radius 3 is 2.27 bits per heavy atom. The summed E-state index contributed by atoms with van der Waals surface area (Å²) in [4.78, 5) is 14.7. The molecule has 0 heterocycles. The van der Waals surface area contributed by atoms with Gasteiger partial charge in [-0.1, -0.05) is 39.3 Å². The van der Waals surface area contributed by atoms with Crippen LogP contribution in [0.25, 0.3) is 0 Å². The van der Waals surface area contributed by atoms with E-state index >= 15 is 0 Å². The van der Waals surface area contributed by atoms with E-state index in [4.69, 9.17) is 4.74 Å². The monoisotopic (exact) mass is 305 g/mol. The molecule has 22 heavy (non-hydrogen) atoms. The van der Waals surface area contributed by atoms with Crippen LogP contribution in [0.2, 0.25) is 0 Å². The van der Waals surface area contributed by atoms with Crippen LogP contribution in [0, 0.1) is 5.92 Å². The second kappa shape index (κ2) is 10.3. The van der Waals surface area contributed by atoms with Gasteiger partial charge in [-0.3, -0.25) is 4.79 Å². The Kier molecular flexibility index (Phi) is 8.64. The predicted molar refractivity (Wildman–Crippen MR) is 92.3 cm³/mol. The van der Waals surface area contributed by atoms with Crippen molar-refractivity contribution >= 4 is 5.91 Å². The zero-order valence-corrected chi connectivity index (χ0v) is 14.6. The van der Waals surface area contributed by atoms with Crippen LogP contribution in [0.1, 0.15) is 52.0 Å². The van der Waals surface area contributed by atoms with E-state index in [-0.39, 0.29) is 5.92 Å². The number of methoxy groups -OCH3 is 1. The summed E-state index contributed by atoms with van der Waals surface area (Å²) in [5.41, 5.74) is 1.25. The van der Waals surface area contributed by atoms with Crippen LogP contribution in [-0.2, 0) is 11.2 Å². The highest BCUT2D eigenvalue weighted by Crippen LogP contribution is 2.16. The Labute approximate surface area is 135 Å². The summed E-state index contributed by atoms with van der Waals surface area (Å²) < 4.78 is 5.18. The maximum atomic E-state index is 12.7. The van der Waals surface area contributed by atoms with Crippen LogP contribution in [-0.4, -0.2) is 31.0 Å². The van der Waals surface area contributed by atoms with E-state index in [0.717, 1.165) is 50.9 Å². The van der Waals surface area contributed by atoms with Gasteiger partial charge >= 0.3 is 0 Å². The fraction of sp³-hybridized carbons (Fsp3) is 0.632. The maximum Gasteiger partial charge on any atom is 0.225 e. The first-order chi connectivity index (χ1) is 10.7. The fourth-order valence-electron chi connectivity index (χ4n) is 2.77. The van der Waals surface area contributed by atoms with Crippen LogP contribution in [0.3, 0.4) is 0 Å². The maximum absolute atomic E-state index is 12.7. The standard InChI is InChI=1S/C19H31NO2/c1-5-8-17(7-3)19(21)20(14-6-2)15-13-16-9-11-18(22-4)12-10-16/h9-12,17H,5-8,13-15H2,1-4H3.